The van der Waals surface area contributed by atoms with Crippen LogP contribution >= 0.6 is 0 Å². The molecule has 0 aliphatic carbocycles. The number of carbonyl (C=O) groups excluding carboxylic acids is 2. The number of nitrogens with zero attached hydrogens (tertiary/aromatic N) is 1. The van der Waals surface area contributed by atoms with Gasteiger partial charge in [-0.3, -0.25) is 9.59 Å². The molecule has 8 heteroatoms. The van der Waals surface area contributed by atoms with E-state index < -0.39 is 22.0 Å². The zero-order valence-electron chi connectivity index (χ0n) is 18.6. The van der Waals surface area contributed by atoms with E-state index >= 15 is 0 Å². The van der Waals surface area contributed by atoms with E-state index in [0.717, 1.165) is 6.42 Å². The van der Waals surface area contributed by atoms with Gasteiger partial charge >= 0.3 is 5.97 Å². The second kappa shape index (κ2) is 10.6. The van der Waals surface area contributed by atoms with Crippen molar-refractivity contribution < 1.29 is 22.7 Å². The summed E-state index contributed by atoms with van der Waals surface area (Å²) in [6.07, 6.45) is 1.87. The van der Waals surface area contributed by atoms with Crippen molar-refractivity contribution in [1.82, 2.24) is 4.31 Å². The number of benzene rings is 3. The lowest BCUT2D eigenvalue weighted by Crippen LogP contribution is -2.48. The Morgan fingerprint density at radius 2 is 1.53 bits per heavy atom. The van der Waals surface area contributed by atoms with Gasteiger partial charge in [-0.1, -0.05) is 48.5 Å². The van der Waals surface area contributed by atoms with Crippen LogP contribution in [0.15, 0.2) is 89.8 Å². The third-order valence-corrected chi connectivity index (χ3v) is 7.63. The van der Waals surface area contributed by atoms with Crippen LogP contribution in [0, 0.1) is 0 Å². The van der Waals surface area contributed by atoms with Gasteiger partial charge < -0.3 is 10.1 Å². The number of nitrogens with one attached hydrogen (secondary N) is 1. The molecule has 1 atom stereocenters. The fourth-order valence-electron chi connectivity index (χ4n) is 3.88. The van der Waals surface area contributed by atoms with Crippen molar-refractivity contribution in [1.29, 1.82) is 0 Å². The van der Waals surface area contributed by atoms with E-state index in [4.69, 9.17) is 4.74 Å². The predicted molar refractivity (Wildman–Crippen MR) is 129 cm³/mol. The van der Waals surface area contributed by atoms with E-state index in [9.17, 15) is 18.0 Å². The molecule has 1 amide bonds. The van der Waals surface area contributed by atoms with E-state index in [1.165, 1.54) is 16.4 Å². The van der Waals surface area contributed by atoms with Crippen molar-refractivity contribution in [3.63, 3.8) is 0 Å². The van der Waals surface area contributed by atoms with Gasteiger partial charge in [0.05, 0.1) is 4.90 Å². The Labute approximate surface area is 199 Å². The third-order valence-electron chi connectivity index (χ3n) is 5.70. The summed E-state index contributed by atoms with van der Waals surface area (Å²) in [7, 11) is -3.79. The summed E-state index contributed by atoms with van der Waals surface area (Å²) in [5.41, 5.74) is 1.89. The van der Waals surface area contributed by atoms with Crippen molar-refractivity contribution in [2.45, 2.75) is 36.8 Å². The largest absolute Gasteiger partial charge is 0.460 e. The summed E-state index contributed by atoms with van der Waals surface area (Å²) in [5.74, 6) is -0.802. The highest BCUT2D eigenvalue weighted by molar-refractivity contribution is 7.89. The van der Waals surface area contributed by atoms with Crippen LogP contribution in [0.1, 0.15) is 35.2 Å². The summed E-state index contributed by atoms with van der Waals surface area (Å²) >= 11 is 0. The number of amides is 1. The quantitative estimate of drug-likeness (QED) is 0.513. The number of rotatable bonds is 7. The Kier molecular flexibility index (Phi) is 7.40. The average molecular weight is 479 g/mol. The van der Waals surface area contributed by atoms with Gasteiger partial charge in [0, 0.05) is 17.8 Å². The SMILES string of the molecule is O=C(Nc1ccccc1)c1ccc(COC(=O)C2CCCCN2S(=O)(=O)c2ccccc2)cc1. The number of anilines is 1. The minimum absolute atomic E-state index is 0.00482. The van der Waals surface area contributed by atoms with E-state index in [-0.39, 0.29) is 24.0 Å². The normalized spacial score (nSPS) is 16.5. The van der Waals surface area contributed by atoms with Crippen molar-refractivity contribution in [2.24, 2.45) is 0 Å². The molecule has 176 valence electrons. The van der Waals surface area contributed by atoms with Crippen LogP contribution in [0.3, 0.4) is 0 Å². The van der Waals surface area contributed by atoms with Crippen LogP contribution in [0.25, 0.3) is 0 Å². The predicted octanol–water partition coefficient (Wildman–Crippen LogP) is 4.23. The molecule has 1 heterocycles. The molecule has 3 aromatic rings. The Balaban J connectivity index is 1.38. The molecule has 7 nitrogen and oxygen atoms in total. The summed E-state index contributed by atoms with van der Waals surface area (Å²) in [5, 5.41) is 2.82. The highest BCUT2D eigenvalue weighted by atomic mass is 32.2. The van der Waals surface area contributed by atoms with E-state index in [2.05, 4.69) is 5.32 Å². The van der Waals surface area contributed by atoms with Crippen LogP contribution in [-0.2, 0) is 26.2 Å². The Bertz CT molecular complexity index is 1230. The molecule has 1 N–H and O–H groups in total. The van der Waals surface area contributed by atoms with Gasteiger partial charge in [0.25, 0.3) is 5.91 Å². The minimum atomic E-state index is -3.79. The molecule has 0 saturated carbocycles. The lowest BCUT2D eigenvalue weighted by Gasteiger charge is -2.33. The molecule has 0 radical (unpaired) electrons. The first-order chi connectivity index (χ1) is 16.4. The molecule has 1 fully saturated rings. The first-order valence-corrected chi connectivity index (χ1v) is 12.6. The molecule has 0 spiro atoms. The molecule has 0 aromatic heterocycles. The second-order valence-electron chi connectivity index (χ2n) is 8.07. The second-order valence-corrected chi connectivity index (χ2v) is 9.96. The first-order valence-electron chi connectivity index (χ1n) is 11.1. The van der Waals surface area contributed by atoms with E-state index in [1.807, 2.05) is 18.2 Å². The van der Waals surface area contributed by atoms with Gasteiger partial charge in [-0.15, -0.1) is 0 Å². The Hall–Kier alpha value is -3.49. The Morgan fingerprint density at radius 3 is 2.21 bits per heavy atom. The van der Waals surface area contributed by atoms with Crippen molar-refractivity contribution in [2.75, 3.05) is 11.9 Å². The van der Waals surface area contributed by atoms with Gasteiger partial charge in [-0.2, -0.15) is 4.31 Å². The summed E-state index contributed by atoms with van der Waals surface area (Å²) in [6.45, 7) is 0.275. The van der Waals surface area contributed by atoms with E-state index in [0.29, 0.717) is 29.7 Å². The maximum absolute atomic E-state index is 13.1. The lowest BCUT2D eigenvalue weighted by atomic mass is 10.1. The number of carbonyl (C=O) groups is 2. The fraction of sp³-hybridized carbons (Fsp3) is 0.231. The summed E-state index contributed by atoms with van der Waals surface area (Å²) < 4.78 is 32.9. The standard InChI is InChI=1S/C26H26N2O5S/c29-25(27-22-9-3-1-4-10-22)21-16-14-20(15-17-21)19-33-26(30)24-13-7-8-18-28(24)34(31,32)23-11-5-2-6-12-23/h1-6,9-12,14-17,24H,7-8,13,18-19H2,(H,27,29). The number of hydrogen-bond acceptors (Lipinski definition) is 5. The molecule has 34 heavy (non-hydrogen) atoms. The zero-order chi connectivity index (χ0) is 24.0. The number of hydrogen-bond donors (Lipinski definition) is 1. The summed E-state index contributed by atoms with van der Waals surface area (Å²) in [6, 6.07) is 23.2. The fourth-order valence-corrected chi connectivity index (χ4v) is 5.55. The monoisotopic (exact) mass is 478 g/mol. The maximum Gasteiger partial charge on any atom is 0.324 e. The highest BCUT2D eigenvalue weighted by Gasteiger charge is 2.38. The van der Waals surface area contributed by atoms with Crippen LogP contribution in [0.2, 0.25) is 0 Å². The van der Waals surface area contributed by atoms with Crippen LogP contribution in [0.4, 0.5) is 5.69 Å². The molecule has 1 aliphatic rings. The van der Waals surface area contributed by atoms with Crippen molar-refractivity contribution >= 4 is 27.6 Å². The summed E-state index contributed by atoms with van der Waals surface area (Å²) in [4.78, 5) is 25.4. The van der Waals surface area contributed by atoms with Gasteiger partial charge in [0.15, 0.2) is 0 Å². The van der Waals surface area contributed by atoms with Crippen LogP contribution in [-0.4, -0.2) is 37.2 Å². The van der Waals surface area contributed by atoms with Gasteiger partial charge in [-0.25, -0.2) is 8.42 Å². The molecular formula is C26H26N2O5S. The average Bonchev–Trinajstić information content (AvgIpc) is 2.88. The first kappa shape index (κ1) is 23.7. The van der Waals surface area contributed by atoms with Gasteiger partial charge in [0.2, 0.25) is 10.0 Å². The van der Waals surface area contributed by atoms with Crippen molar-refractivity contribution in [3.05, 3.63) is 96.1 Å². The highest BCUT2D eigenvalue weighted by Crippen LogP contribution is 2.26. The Morgan fingerprint density at radius 1 is 0.882 bits per heavy atom. The topological polar surface area (TPSA) is 92.8 Å². The number of para-hydroxylation sites is 1. The molecule has 1 unspecified atom stereocenters. The third kappa shape index (κ3) is 5.52. The number of ether oxygens (including phenoxy) is 1. The molecular weight excluding hydrogens is 452 g/mol. The van der Waals surface area contributed by atoms with Gasteiger partial charge in [0.1, 0.15) is 12.6 Å². The molecule has 3 aromatic carbocycles. The smallest absolute Gasteiger partial charge is 0.324 e. The number of piperidine rings is 1. The lowest BCUT2D eigenvalue weighted by molar-refractivity contribution is -0.150. The number of sulfonamides is 1. The van der Waals surface area contributed by atoms with Gasteiger partial charge in [-0.05, 0) is 61.2 Å². The molecule has 1 saturated heterocycles. The van der Waals surface area contributed by atoms with Crippen LogP contribution < -0.4 is 5.32 Å². The number of esters is 1. The van der Waals surface area contributed by atoms with E-state index in [1.54, 1.807) is 54.6 Å². The molecule has 4 rings (SSSR count). The van der Waals surface area contributed by atoms with Crippen LogP contribution in [0.5, 0.6) is 0 Å². The maximum atomic E-state index is 13.1. The van der Waals surface area contributed by atoms with Crippen molar-refractivity contribution in [3.8, 4) is 0 Å². The molecule has 0 bridgehead atoms. The molecule has 1 aliphatic heterocycles. The zero-order valence-corrected chi connectivity index (χ0v) is 19.4. The minimum Gasteiger partial charge on any atom is -0.460 e.